The second-order valence-electron chi connectivity index (χ2n) is 8.93. The minimum absolute atomic E-state index is 0.234. The molecule has 0 radical (unpaired) electrons. The number of nitrogens with zero attached hydrogens (tertiary/aromatic N) is 3. The van der Waals surface area contributed by atoms with E-state index < -0.39 is 5.60 Å². The predicted octanol–water partition coefficient (Wildman–Crippen LogP) is 4.66. The normalized spacial score (nSPS) is 17.6. The molecule has 5 nitrogen and oxygen atoms in total. The van der Waals surface area contributed by atoms with Gasteiger partial charge in [-0.3, -0.25) is 9.80 Å². The minimum atomic E-state index is -0.481. The second-order valence-corrected chi connectivity index (χ2v) is 9.36. The number of ether oxygens (including phenoxy) is 1. The van der Waals surface area contributed by atoms with Gasteiger partial charge in [-0.1, -0.05) is 23.7 Å². The smallest absolute Gasteiger partial charge is 0.410 e. The molecule has 0 saturated carbocycles. The zero-order chi connectivity index (χ0) is 20.9. The number of amides is 1. The Morgan fingerprint density at radius 3 is 2.32 bits per heavy atom. The Hall–Kier alpha value is -1.30. The van der Waals surface area contributed by atoms with E-state index >= 15 is 0 Å². The standard InChI is InChI=1S/C22H36ClN3O2/c1-17(2)25-12-14-26(15-13-25)20(18-8-7-9-19(23)16-18)10-11-24(6)21(27)28-22(3,4)5/h7-9,16-17,20H,10-15H2,1-6H3/t20-/m0/s1. The molecule has 1 aliphatic rings. The summed E-state index contributed by atoms with van der Waals surface area (Å²) in [6, 6.07) is 8.91. The lowest BCUT2D eigenvalue weighted by Gasteiger charge is -2.41. The molecule has 0 spiro atoms. The molecular weight excluding hydrogens is 374 g/mol. The first-order chi connectivity index (χ1) is 13.1. The zero-order valence-corrected chi connectivity index (χ0v) is 19.0. The monoisotopic (exact) mass is 409 g/mol. The Balaban J connectivity index is 2.06. The van der Waals surface area contributed by atoms with Crippen molar-refractivity contribution in [3.8, 4) is 0 Å². The summed E-state index contributed by atoms with van der Waals surface area (Å²) in [5, 5.41) is 0.754. The molecule has 0 bridgehead atoms. The summed E-state index contributed by atoms with van der Waals surface area (Å²) in [5.74, 6) is 0. The fraction of sp³-hybridized carbons (Fsp3) is 0.682. The van der Waals surface area contributed by atoms with Crippen molar-refractivity contribution in [3.63, 3.8) is 0 Å². The molecule has 1 amide bonds. The first-order valence-electron chi connectivity index (χ1n) is 10.2. The third kappa shape index (κ3) is 6.94. The summed E-state index contributed by atoms with van der Waals surface area (Å²) in [5.41, 5.74) is 0.730. The van der Waals surface area contributed by atoms with Crippen LogP contribution in [0.15, 0.2) is 24.3 Å². The summed E-state index contributed by atoms with van der Waals surface area (Å²) in [4.78, 5) is 19.0. The van der Waals surface area contributed by atoms with E-state index in [1.807, 2.05) is 32.9 Å². The van der Waals surface area contributed by atoms with Crippen LogP contribution in [0.1, 0.15) is 52.6 Å². The van der Waals surface area contributed by atoms with Crippen LogP contribution in [0, 0.1) is 0 Å². The number of benzene rings is 1. The number of hydrogen-bond donors (Lipinski definition) is 0. The molecule has 1 fully saturated rings. The number of carbonyl (C=O) groups is 1. The number of carbonyl (C=O) groups excluding carboxylic acids is 1. The molecule has 1 atom stereocenters. The highest BCUT2D eigenvalue weighted by atomic mass is 35.5. The quantitative estimate of drug-likeness (QED) is 0.684. The maximum Gasteiger partial charge on any atom is 0.410 e. The van der Waals surface area contributed by atoms with Gasteiger partial charge in [-0.25, -0.2) is 4.79 Å². The summed E-state index contributed by atoms with van der Waals surface area (Å²) >= 11 is 6.27. The van der Waals surface area contributed by atoms with Gasteiger partial charge in [0, 0.05) is 56.9 Å². The highest BCUT2D eigenvalue weighted by Crippen LogP contribution is 2.28. The van der Waals surface area contributed by atoms with Crippen LogP contribution < -0.4 is 0 Å². The molecule has 0 N–H and O–H groups in total. The predicted molar refractivity (Wildman–Crippen MR) is 116 cm³/mol. The van der Waals surface area contributed by atoms with Crippen molar-refractivity contribution in [3.05, 3.63) is 34.9 Å². The van der Waals surface area contributed by atoms with Gasteiger partial charge in [0.2, 0.25) is 0 Å². The summed E-state index contributed by atoms with van der Waals surface area (Å²) in [6.07, 6.45) is 0.569. The molecule has 0 aliphatic carbocycles. The number of piperazine rings is 1. The van der Waals surface area contributed by atoms with Crippen molar-refractivity contribution in [1.29, 1.82) is 0 Å². The van der Waals surface area contributed by atoms with Crippen molar-refractivity contribution in [2.45, 2.75) is 58.7 Å². The van der Waals surface area contributed by atoms with E-state index in [4.69, 9.17) is 16.3 Å². The fourth-order valence-electron chi connectivity index (χ4n) is 3.59. The van der Waals surface area contributed by atoms with E-state index in [2.05, 4.69) is 35.8 Å². The van der Waals surface area contributed by atoms with Crippen LogP contribution in [-0.2, 0) is 4.74 Å². The van der Waals surface area contributed by atoms with Crippen molar-refractivity contribution < 1.29 is 9.53 Å². The molecule has 28 heavy (non-hydrogen) atoms. The van der Waals surface area contributed by atoms with Gasteiger partial charge < -0.3 is 9.64 Å². The van der Waals surface area contributed by atoms with Crippen LogP contribution in [0.4, 0.5) is 4.79 Å². The zero-order valence-electron chi connectivity index (χ0n) is 18.2. The fourth-order valence-corrected chi connectivity index (χ4v) is 3.79. The van der Waals surface area contributed by atoms with E-state index in [1.54, 1.807) is 11.9 Å². The van der Waals surface area contributed by atoms with Crippen LogP contribution in [0.2, 0.25) is 5.02 Å². The van der Waals surface area contributed by atoms with Crippen LogP contribution in [0.5, 0.6) is 0 Å². The second kappa shape index (κ2) is 9.95. The Kier molecular flexibility index (Phi) is 8.17. The lowest BCUT2D eigenvalue weighted by Crippen LogP contribution is -2.50. The summed E-state index contributed by atoms with van der Waals surface area (Å²) in [6.45, 7) is 15.0. The highest BCUT2D eigenvalue weighted by molar-refractivity contribution is 6.30. The van der Waals surface area contributed by atoms with Crippen molar-refractivity contribution in [2.24, 2.45) is 0 Å². The molecular formula is C22H36ClN3O2. The average Bonchev–Trinajstić information content (AvgIpc) is 2.60. The lowest BCUT2D eigenvalue weighted by molar-refractivity contribution is 0.0264. The van der Waals surface area contributed by atoms with Gasteiger partial charge in [0.05, 0.1) is 0 Å². The molecule has 1 aliphatic heterocycles. The van der Waals surface area contributed by atoms with E-state index in [9.17, 15) is 4.79 Å². The van der Waals surface area contributed by atoms with Crippen LogP contribution in [0.25, 0.3) is 0 Å². The van der Waals surface area contributed by atoms with Crippen molar-refractivity contribution in [1.82, 2.24) is 14.7 Å². The highest BCUT2D eigenvalue weighted by Gasteiger charge is 2.27. The topological polar surface area (TPSA) is 36.0 Å². The van der Waals surface area contributed by atoms with Crippen LogP contribution in [-0.4, -0.2) is 72.2 Å². The molecule has 0 unspecified atom stereocenters. The molecule has 1 heterocycles. The van der Waals surface area contributed by atoms with Gasteiger partial charge >= 0.3 is 6.09 Å². The molecule has 0 aromatic heterocycles. The number of hydrogen-bond acceptors (Lipinski definition) is 4. The summed E-state index contributed by atoms with van der Waals surface area (Å²) in [7, 11) is 1.81. The first-order valence-corrected chi connectivity index (χ1v) is 10.6. The third-order valence-electron chi connectivity index (χ3n) is 5.20. The molecule has 6 heteroatoms. The molecule has 1 aromatic carbocycles. The lowest BCUT2D eigenvalue weighted by atomic mass is 10.0. The summed E-state index contributed by atoms with van der Waals surface area (Å²) < 4.78 is 5.49. The SMILES string of the molecule is CC(C)N1CCN([C@@H](CCN(C)C(=O)OC(C)(C)C)c2cccc(Cl)c2)CC1. The van der Waals surface area contributed by atoms with Gasteiger partial charge in [-0.2, -0.15) is 0 Å². The Bertz CT molecular complexity index is 637. The average molecular weight is 410 g/mol. The maximum atomic E-state index is 12.3. The largest absolute Gasteiger partial charge is 0.444 e. The van der Waals surface area contributed by atoms with Gasteiger partial charge in [-0.15, -0.1) is 0 Å². The first kappa shape index (κ1) is 23.0. The van der Waals surface area contributed by atoms with Gasteiger partial charge in [0.1, 0.15) is 5.60 Å². The Morgan fingerprint density at radius 1 is 1.18 bits per heavy atom. The van der Waals surface area contributed by atoms with Crippen LogP contribution in [0.3, 0.4) is 0 Å². The van der Waals surface area contributed by atoms with Gasteiger partial charge in [0.15, 0.2) is 0 Å². The van der Waals surface area contributed by atoms with Crippen LogP contribution >= 0.6 is 11.6 Å². The van der Waals surface area contributed by atoms with Gasteiger partial charge in [0.25, 0.3) is 0 Å². The minimum Gasteiger partial charge on any atom is -0.444 e. The molecule has 1 saturated heterocycles. The molecule has 158 valence electrons. The van der Waals surface area contributed by atoms with E-state index in [0.717, 1.165) is 37.6 Å². The van der Waals surface area contributed by atoms with E-state index in [-0.39, 0.29) is 12.1 Å². The van der Waals surface area contributed by atoms with E-state index in [1.165, 1.54) is 5.56 Å². The Labute approximate surface area is 175 Å². The third-order valence-corrected chi connectivity index (χ3v) is 5.43. The molecule has 1 aromatic rings. The maximum absolute atomic E-state index is 12.3. The molecule has 2 rings (SSSR count). The van der Waals surface area contributed by atoms with Crippen molar-refractivity contribution in [2.75, 3.05) is 39.8 Å². The van der Waals surface area contributed by atoms with Gasteiger partial charge in [-0.05, 0) is 58.7 Å². The Morgan fingerprint density at radius 2 is 1.79 bits per heavy atom. The number of rotatable bonds is 6. The van der Waals surface area contributed by atoms with Crippen molar-refractivity contribution >= 4 is 17.7 Å². The number of halogens is 1. The van der Waals surface area contributed by atoms with E-state index in [0.29, 0.717) is 12.6 Å².